The van der Waals surface area contributed by atoms with Crippen molar-refractivity contribution in [2.45, 2.75) is 6.92 Å². The molecule has 76 valence electrons. The summed E-state index contributed by atoms with van der Waals surface area (Å²) in [4.78, 5) is 14.8. The van der Waals surface area contributed by atoms with Gasteiger partial charge in [0.15, 0.2) is 6.29 Å². The molecule has 0 N–H and O–H groups in total. The molecule has 0 atom stereocenters. The number of aryl methyl sites for hydroxylation is 1. The molecule has 1 aromatic carbocycles. The van der Waals surface area contributed by atoms with Crippen molar-refractivity contribution in [1.29, 1.82) is 0 Å². The van der Waals surface area contributed by atoms with Gasteiger partial charge in [-0.15, -0.1) is 0 Å². The van der Waals surface area contributed by atoms with Gasteiger partial charge in [-0.2, -0.15) is 0 Å². The Morgan fingerprint density at radius 1 is 1.33 bits per heavy atom. The quantitative estimate of drug-likeness (QED) is 0.712. The molecule has 0 amide bonds. The molecular formula is C11H7Cl2NO. The highest BCUT2D eigenvalue weighted by Crippen LogP contribution is 2.30. The van der Waals surface area contributed by atoms with Crippen LogP contribution in [-0.2, 0) is 0 Å². The van der Waals surface area contributed by atoms with Crippen LogP contribution in [0.5, 0.6) is 0 Å². The number of fused-ring (bicyclic) bond motifs is 1. The lowest BCUT2D eigenvalue weighted by Gasteiger charge is -2.05. The molecule has 0 saturated heterocycles. The van der Waals surface area contributed by atoms with Gasteiger partial charge < -0.3 is 0 Å². The third-order valence-electron chi connectivity index (χ3n) is 2.22. The van der Waals surface area contributed by atoms with E-state index in [1.807, 2.05) is 13.0 Å². The van der Waals surface area contributed by atoms with Gasteiger partial charge in [-0.3, -0.25) is 4.79 Å². The summed E-state index contributed by atoms with van der Waals surface area (Å²) in [5, 5.41) is 1.75. The first-order valence-electron chi connectivity index (χ1n) is 4.34. The van der Waals surface area contributed by atoms with E-state index < -0.39 is 0 Å². The molecule has 2 rings (SSSR count). The van der Waals surface area contributed by atoms with Gasteiger partial charge in [-0.25, -0.2) is 4.98 Å². The van der Waals surface area contributed by atoms with Crippen molar-refractivity contribution in [1.82, 2.24) is 4.98 Å². The van der Waals surface area contributed by atoms with Crippen LogP contribution >= 0.6 is 23.2 Å². The van der Waals surface area contributed by atoms with Gasteiger partial charge >= 0.3 is 0 Å². The van der Waals surface area contributed by atoms with Gasteiger partial charge in [-0.05, 0) is 24.6 Å². The zero-order valence-corrected chi connectivity index (χ0v) is 9.43. The molecule has 0 saturated carbocycles. The average Bonchev–Trinajstić information content (AvgIpc) is 2.23. The summed E-state index contributed by atoms with van der Waals surface area (Å²) in [6, 6.07) is 5.29. The van der Waals surface area contributed by atoms with Crippen LogP contribution in [0.25, 0.3) is 10.9 Å². The Morgan fingerprint density at radius 2 is 2.07 bits per heavy atom. The lowest BCUT2D eigenvalue weighted by Crippen LogP contribution is -1.91. The fourth-order valence-electron chi connectivity index (χ4n) is 1.49. The number of aromatic nitrogens is 1. The standard InChI is InChI=1S/C11H7Cl2NO/c1-6-4-7(5-15)14-11-8(6)2-3-9(12)10(11)13/h2-5H,1H3. The molecule has 0 spiro atoms. The summed E-state index contributed by atoms with van der Waals surface area (Å²) < 4.78 is 0. The van der Waals surface area contributed by atoms with E-state index in [1.165, 1.54) is 0 Å². The highest BCUT2D eigenvalue weighted by Gasteiger charge is 2.08. The zero-order valence-electron chi connectivity index (χ0n) is 7.92. The monoisotopic (exact) mass is 239 g/mol. The van der Waals surface area contributed by atoms with Gasteiger partial charge in [0.1, 0.15) is 5.69 Å². The van der Waals surface area contributed by atoms with Crippen molar-refractivity contribution in [3.63, 3.8) is 0 Å². The Balaban J connectivity index is 2.92. The molecule has 0 radical (unpaired) electrons. The van der Waals surface area contributed by atoms with Gasteiger partial charge in [-0.1, -0.05) is 29.3 Å². The number of nitrogens with zero attached hydrogens (tertiary/aromatic N) is 1. The first-order chi connectivity index (χ1) is 7.13. The van der Waals surface area contributed by atoms with Crippen LogP contribution in [0.15, 0.2) is 18.2 Å². The van der Waals surface area contributed by atoms with Crippen LogP contribution in [0.2, 0.25) is 10.0 Å². The second-order valence-electron chi connectivity index (χ2n) is 3.24. The largest absolute Gasteiger partial charge is 0.296 e. The van der Waals surface area contributed by atoms with E-state index in [-0.39, 0.29) is 0 Å². The number of rotatable bonds is 1. The number of aldehydes is 1. The maximum Gasteiger partial charge on any atom is 0.168 e. The smallest absolute Gasteiger partial charge is 0.168 e. The van der Waals surface area contributed by atoms with E-state index in [0.717, 1.165) is 10.9 Å². The fourth-order valence-corrected chi connectivity index (χ4v) is 1.85. The number of pyridine rings is 1. The minimum atomic E-state index is 0.365. The van der Waals surface area contributed by atoms with E-state index in [9.17, 15) is 4.79 Å². The summed E-state index contributed by atoms with van der Waals surface area (Å²) in [7, 11) is 0. The molecule has 0 fully saturated rings. The number of hydrogen-bond donors (Lipinski definition) is 0. The summed E-state index contributed by atoms with van der Waals surface area (Å²) in [6.07, 6.45) is 0.698. The second-order valence-corrected chi connectivity index (χ2v) is 4.02. The van der Waals surface area contributed by atoms with E-state index in [4.69, 9.17) is 23.2 Å². The van der Waals surface area contributed by atoms with Crippen LogP contribution in [0.1, 0.15) is 16.1 Å². The van der Waals surface area contributed by atoms with Crippen molar-refractivity contribution in [3.05, 3.63) is 39.5 Å². The van der Waals surface area contributed by atoms with Crippen molar-refractivity contribution in [3.8, 4) is 0 Å². The lowest BCUT2D eigenvalue weighted by molar-refractivity contribution is 0.111. The maximum absolute atomic E-state index is 10.7. The molecule has 0 bridgehead atoms. The molecule has 4 heteroatoms. The first kappa shape index (κ1) is 10.4. The van der Waals surface area contributed by atoms with E-state index in [2.05, 4.69) is 4.98 Å². The van der Waals surface area contributed by atoms with Gasteiger partial charge in [0, 0.05) is 5.39 Å². The van der Waals surface area contributed by atoms with Crippen LogP contribution in [0.4, 0.5) is 0 Å². The molecule has 0 unspecified atom stereocenters. The third kappa shape index (κ3) is 1.71. The Morgan fingerprint density at radius 3 is 2.73 bits per heavy atom. The summed E-state index contributed by atoms with van der Waals surface area (Å²) in [5.74, 6) is 0. The Labute approximate surface area is 96.8 Å². The molecule has 15 heavy (non-hydrogen) atoms. The van der Waals surface area contributed by atoms with E-state index in [0.29, 0.717) is 27.5 Å². The third-order valence-corrected chi connectivity index (χ3v) is 3.01. The van der Waals surface area contributed by atoms with Crippen LogP contribution in [-0.4, -0.2) is 11.3 Å². The summed E-state index contributed by atoms with van der Waals surface area (Å²) >= 11 is 11.9. The van der Waals surface area contributed by atoms with Gasteiger partial charge in [0.25, 0.3) is 0 Å². The first-order valence-corrected chi connectivity index (χ1v) is 5.09. The normalized spacial score (nSPS) is 10.6. The van der Waals surface area contributed by atoms with Crippen molar-refractivity contribution in [2.24, 2.45) is 0 Å². The van der Waals surface area contributed by atoms with E-state index in [1.54, 1.807) is 12.1 Å². The highest BCUT2D eigenvalue weighted by molar-refractivity contribution is 6.45. The highest BCUT2D eigenvalue weighted by atomic mass is 35.5. The molecule has 0 aliphatic heterocycles. The second kappa shape index (κ2) is 3.80. The molecule has 0 aliphatic rings. The maximum atomic E-state index is 10.7. The molecule has 2 aromatic rings. The molecule has 0 aliphatic carbocycles. The number of carbonyl (C=O) groups excluding carboxylic acids is 1. The van der Waals surface area contributed by atoms with Crippen molar-refractivity contribution >= 4 is 40.4 Å². The average molecular weight is 240 g/mol. The minimum absolute atomic E-state index is 0.365. The number of halogens is 2. The summed E-state index contributed by atoms with van der Waals surface area (Å²) in [5.41, 5.74) is 1.90. The molecule has 1 aromatic heterocycles. The number of benzene rings is 1. The predicted molar refractivity (Wildman–Crippen MR) is 61.9 cm³/mol. The minimum Gasteiger partial charge on any atom is -0.296 e. The van der Waals surface area contributed by atoms with Crippen molar-refractivity contribution < 1.29 is 4.79 Å². The lowest BCUT2D eigenvalue weighted by atomic mass is 10.1. The van der Waals surface area contributed by atoms with Crippen LogP contribution in [0.3, 0.4) is 0 Å². The Kier molecular flexibility index (Phi) is 2.63. The summed E-state index contributed by atoms with van der Waals surface area (Å²) in [6.45, 7) is 1.90. The van der Waals surface area contributed by atoms with E-state index >= 15 is 0 Å². The molecule has 2 nitrogen and oxygen atoms in total. The Bertz CT molecular complexity index is 552. The fraction of sp³-hybridized carbons (Fsp3) is 0.0909. The van der Waals surface area contributed by atoms with Gasteiger partial charge in [0.05, 0.1) is 15.6 Å². The SMILES string of the molecule is Cc1cc(C=O)nc2c(Cl)c(Cl)ccc12. The predicted octanol–water partition coefficient (Wildman–Crippen LogP) is 3.66. The van der Waals surface area contributed by atoms with Crippen LogP contribution < -0.4 is 0 Å². The molecular weight excluding hydrogens is 233 g/mol. The topological polar surface area (TPSA) is 30.0 Å². The van der Waals surface area contributed by atoms with Gasteiger partial charge in [0.2, 0.25) is 0 Å². The van der Waals surface area contributed by atoms with Crippen LogP contribution in [0, 0.1) is 6.92 Å². The van der Waals surface area contributed by atoms with Crippen molar-refractivity contribution in [2.75, 3.05) is 0 Å². The Hall–Kier alpha value is -1.12. The number of hydrogen-bond acceptors (Lipinski definition) is 2. The zero-order chi connectivity index (χ0) is 11.0. The molecule has 1 heterocycles. The number of carbonyl (C=O) groups is 1.